The van der Waals surface area contributed by atoms with Crippen LogP contribution >= 0.6 is 11.6 Å². The van der Waals surface area contributed by atoms with Gasteiger partial charge in [-0.05, 0) is 37.1 Å². The lowest BCUT2D eigenvalue weighted by Gasteiger charge is -2.41. The second-order valence-electron chi connectivity index (χ2n) is 11.0. The molecule has 3 aliphatic rings. The molecule has 2 amide bonds. The van der Waals surface area contributed by atoms with Gasteiger partial charge in [-0.1, -0.05) is 37.6 Å². The van der Waals surface area contributed by atoms with E-state index in [1.165, 1.54) is 4.90 Å². The maximum Gasteiger partial charge on any atom is 0.410 e. The molecule has 3 heterocycles. The lowest BCUT2D eigenvalue weighted by atomic mass is 9.81. The van der Waals surface area contributed by atoms with Gasteiger partial charge in [0.2, 0.25) is 0 Å². The maximum atomic E-state index is 14.1. The number of ether oxygens (including phenoxy) is 4. The first-order valence-corrected chi connectivity index (χ1v) is 13.1. The van der Waals surface area contributed by atoms with E-state index in [9.17, 15) is 9.59 Å². The van der Waals surface area contributed by atoms with Crippen LogP contribution in [0.3, 0.4) is 0 Å². The molecular formula is C28H34ClN3O6. The average Bonchev–Trinajstić information content (AvgIpc) is 3.45. The third-order valence-corrected chi connectivity index (χ3v) is 7.55. The van der Waals surface area contributed by atoms with Crippen molar-refractivity contribution in [3.8, 4) is 5.75 Å². The number of hydrogen-bond acceptors (Lipinski definition) is 7. The molecule has 38 heavy (non-hydrogen) atoms. The van der Waals surface area contributed by atoms with Crippen LogP contribution in [-0.4, -0.2) is 69.0 Å². The first-order valence-electron chi connectivity index (χ1n) is 12.7. The molecule has 0 aliphatic carbocycles. The minimum Gasteiger partial charge on any atom is -0.496 e. The lowest BCUT2D eigenvalue weighted by Crippen LogP contribution is -2.55. The molecule has 2 aromatic carbocycles. The average molecular weight is 544 g/mol. The molecule has 9 nitrogen and oxygen atoms in total. The standard InChI is InChI=1S/C28H34ClN3O6/c1-27(2)15-36-24(37-16-27)17-8-10-19(22(13-17)35-5)28(20-14-18(29)9-11-21(20)30-25(28)33)32-12-6-7-23(32)38-26(34)31(3)4/h8-11,13-14,23-24H,6-7,12,15-16H2,1-5H3,(H,30,33)/t23-,28?/m0/s1. The summed E-state index contributed by atoms with van der Waals surface area (Å²) in [5, 5.41) is 3.52. The normalized spacial score (nSPS) is 25.1. The molecule has 0 spiro atoms. The molecule has 2 saturated heterocycles. The van der Waals surface area contributed by atoms with Crippen molar-refractivity contribution >= 4 is 29.3 Å². The van der Waals surface area contributed by atoms with Gasteiger partial charge < -0.3 is 29.2 Å². The molecule has 5 rings (SSSR count). The Balaban J connectivity index is 1.64. The summed E-state index contributed by atoms with van der Waals surface area (Å²) in [5.74, 6) is 0.229. The van der Waals surface area contributed by atoms with E-state index < -0.39 is 24.2 Å². The Morgan fingerprint density at radius 2 is 1.87 bits per heavy atom. The van der Waals surface area contributed by atoms with Crippen LogP contribution < -0.4 is 10.1 Å². The Labute approximate surface area is 227 Å². The van der Waals surface area contributed by atoms with E-state index in [2.05, 4.69) is 19.2 Å². The Kier molecular flexibility index (Phi) is 7.06. The number of benzene rings is 2. The first kappa shape index (κ1) is 26.7. The predicted molar refractivity (Wildman–Crippen MR) is 142 cm³/mol. The van der Waals surface area contributed by atoms with Crippen LogP contribution in [0.2, 0.25) is 5.02 Å². The minimum absolute atomic E-state index is 0.0652. The van der Waals surface area contributed by atoms with Crippen molar-refractivity contribution in [2.75, 3.05) is 46.3 Å². The van der Waals surface area contributed by atoms with E-state index >= 15 is 0 Å². The van der Waals surface area contributed by atoms with Crippen molar-refractivity contribution in [3.63, 3.8) is 0 Å². The summed E-state index contributed by atoms with van der Waals surface area (Å²) in [6.45, 7) is 5.83. The number of methoxy groups -OCH3 is 1. The van der Waals surface area contributed by atoms with Crippen LogP contribution in [0.25, 0.3) is 0 Å². The van der Waals surface area contributed by atoms with Gasteiger partial charge in [-0.25, -0.2) is 9.69 Å². The second-order valence-corrected chi connectivity index (χ2v) is 11.4. The lowest BCUT2D eigenvalue weighted by molar-refractivity contribution is -0.226. The fourth-order valence-electron chi connectivity index (χ4n) is 5.47. The molecule has 3 aliphatic heterocycles. The van der Waals surface area contributed by atoms with E-state index in [-0.39, 0.29) is 11.3 Å². The zero-order valence-corrected chi connectivity index (χ0v) is 23.1. The van der Waals surface area contributed by atoms with Gasteiger partial charge in [0, 0.05) is 53.5 Å². The molecule has 2 aromatic rings. The highest BCUT2D eigenvalue weighted by atomic mass is 35.5. The largest absolute Gasteiger partial charge is 0.496 e. The quantitative estimate of drug-likeness (QED) is 0.583. The Morgan fingerprint density at radius 3 is 2.55 bits per heavy atom. The number of nitrogens with one attached hydrogen (secondary N) is 1. The molecular weight excluding hydrogens is 510 g/mol. The first-order chi connectivity index (χ1) is 18.1. The fourth-order valence-corrected chi connectivity index (χ4v) is 5.64. The molecule has 0 bridgehead atoms. The van der Waals surface area contributed by atoms with E-state index in [0.29, 0.717) is 53.8 Å². The molecule has 0 radical (unpaired) electrons. The number of anilines is 1. The molecule has 0 aromatic heterocycles. The molecule has 1 unspecified atom stereocenters. The number of carbonyl (C=O) groups is 2. The Hall–Kier alpha value is -2.85. The van der Waals surface area contributed by atoms with E-state index in [4.69, 9.17) is 30.5 Å². The number of carbonyl (C=O) groups excluding carboxylic acids is 2. The number of likely N-dealkylation sites (tertiary alicyclic amines) is 1. The van der Waals surface area contributed by atoms with Crippen molar-refractivity contribution in [2.24, 2.45) is 5.41 Å². The molecule has 0 saturated carbocycles. The van der Waals surface area contributed by atoms with Crippen LogP contribution in [0.5, 0.6) is 5.75 Å². The van der Waals surface area contributed by atoms with Crippen molar-refractivity contribution < 1.29 is 28.5 Å². The monoisotopic (exact) mass is 543 g/mol. The van der Waals surface area contributed by atoms with E-state index in [1.807, 2.05) is 23.1 Å². The number of nitrogens with zero attached hydrogens (tertiary/aromatic N) is 2. The van der Waals surface area contributed by atoms with Gasteiger partial charge in [0.05, 0.1) is 20.3 Å². The molecule has 1 N–H and O–H groups in total. The summed E-state index contributed by atoms with van der Waals surface area (Å²) in [4.78, 5) is 30.0. The SMILES string of the molecule is COc1cc(C2OCC(C)(C)CO2)ccc1C1(N2CCC[C@@H]2OC(=O)N(C)C)C(=O)Nc2ccc(Cl)cc21. The van der Waals surface area contributed by atoms with Gasteiger partial charge in [0.25, 0.3) is 5.91 Å². The van der Waals surface area contributed by atoms with Crippen LogP contribution in [0.1, 0.15) is 49.7 Å². The van der Waals surface area contributed by atoms with Gasteiger partial charge in [-0.3, -0.25) is 4.79 Å². The molecule has 2 atom stereocenters. The Bertz CT molecular complexity index is 1240. The third-order valence-electron chi connectivity index (χ3n) is 7.32. The van der Waals surface area contributed by atoms with Crippen LogP contribution in [0.15, 0.2) is 36.4 Å². The number of rotatable bonds is 5. The highest BCUT2D eigenvalue weighted by Crippen LogP contribution is 2.52. The zero-order valence-electron chi connectivity index (χ0n) is 22.4. The van der Waals surface area contributed by atoms with Crippen molar-refractivity contribution in [3.05, 3.63) is 58.1 Å². The van der Waals surface area contributed by atoms with Gasteiger partial charge in [-0.15, -0.1) is 0 Å². The maximum absolute atomic E-state index is 14.1. The van der Waals surface area contributed by atoms with Crippen LogP contribution in [0, 0.1) is 5.41 Å². The third kappa shape index (κ3) is 4.51. The molecule has 204 valence electrons. The summed E-state index contributed by atoms with van der Waals surface area (Å²) in [5.41, 5.74) is 1.33. The number of fused-ring (bicyclic) bond motifs is 1. The topological polar surface area (TPSA) is 89.6 Å². The van der Waals surface area contributed by atoms with Gasteiger partial charge in [-0.2, -0.15) is 0 Å². The van der Waals surface area contributed by atoms with Gasteiger partial charge in [0.15, 0.2) is 18.1 Å². The van der Waals surface area contributed by atoms with Crippen molar-refractivity contribution in [1.29, 1.82) is 0 Å². The summed E-state index contributed by atoms with van der Waals surface area (Å²) in [7, 11) is 4.83. The fraction of sp³-hybridized carbons (Fsp3) is 0.500. The van der Waals surface area contributed by atoms with Crippen LogP contribution in [0.4, 0.5) is 10.5 Å². The predicted octanol–water partition coefficient (Wildman–Crippen LogP) is 4.74. The summed E-state index contributed by atoms with van der Waals surface area (Å²) in [6.07, 6.45) is -0.307. The van der Waals surface area contributed by atoms with Gasteiger partial charge in [0.1, 0.15) is 5.75 Å². The second kappa shape index (κ2) is 10.0. The highest BCUT2D eigenvalue weighted by Gasteiger charge is 2.58. The Morgan fingerprint density at radius 1 is 1.13 bits per heavy atom. The van der Waals surface area contributed by atoms with Crippen molar-refractivity contribution in [2.45, 2.75) is 44.7 Å². The van der Waals surface area contributed by atoms with Crippen LogP contribution in [-0.2, 0) is 24.5 Å². The summed E-state index contributed by atoms with van der Waals surface area (Å²) >= 11 is 6.46. The molecule has 2 fully saturated rings. The smallest absolute Gasteiger partial charge is 0.410 e. The summed E-state index contributed by atoms with van der Waals surface area (Å²) < 4.78 is 23.8. The van der Waals surface area contributed by atoms with Gasteiger partial charge >= 0.3 is 6.09 Å². The van der Waals surface area contributed by atoms with Crippen molar-refractivity contribution in [1.82, 2.24) is 9.80 Å². The zero-order chi connectivity index (χ0) is 27.2. The number of amides is 2. The molecule has 10 heteroatoms. The number of halogens is 1. The van der Waals surface area contributed by atoms with E-state index in [1.54, 1.807) is 39.4 Å². The van der Waals surface area contributed by atoms with E-state index in [0.717, 1.165) is 12.0 Å². The highest BCUT2D eigenvalue weighted by molar-refractivity contribution is 6.31. The summed E-state index contributed by atoms with van der Waals surface area (Å²) in [6, 6.07) is 11.0. The minimum atomic E-state index is -1.34. The number of hydrogen-bond donors (Lipinski definition) is 1.